The first kappa shape index (κ1) is 18.5. The van der Waals surface area contributed by atoms with Crippen LogP contribution in [0.2, 0.25) is 0 Å². The van der Waals surface area contributed by atoms with Crippen molar-refractivity contribution < 1.29 is 9.18 Å². The van der Waals surface area contributed by atoms with Gasteiger partial charge in [-0.3, -0.25) is 9.78 Å². The zero-order chi connectivity index (χ0) is 20.7. The molecule has 0 unspecified atom stereocenters. The molecule has 2 N–H and O–H groups in total. The highest BCUT2D eigenvalue weighted by atomic mass is 19.1. The molecule has 6 nitrogen and oxygen atoms in total. The Hall–Kier alpha value is -3.48. The number of carbonyl (C=O) groups excluding carboxylic acids is 1. The number of nitrogens with zero attached hydrogens (tertiary/aromatic N) is 3. The Labute approximate surface area is 173 Å². The summed E-state index contributed by atoms with van der Waals surface area (Å²) in [6.45, 7) is 1.94. The molecular formula is C23H22FN5O. The highest BCUT2D eigenvalue weighted by Gasteiger charge is 2.18. The molecule has 1 aliphatic rings. The van der Waals surface area contributed by atoms with Gasteiger partial charge >= 0.3 is 0 Å². The molecule has 30 heavy (non-hydrogen) atoms. The fourth-order valence-corrected chi connectivity index (χ4v) is 4.27. The maximum atomic E-state index is 15.1. The van der Waals surface area contributed by atoms with Crippen molar-refractivity contribution in [2.45, 2.75) is 19.3 Å². The number of halogens is 1. The van der Waals surface area contributed by atoms with Crippen LogP contribution in [0.3, 0.4) is 0 Å². The third-order valence-electron chi connectivity index (χ3n) is 5.80. The molecule has 0 atom stereocenters. The quantitative estimate of drug-likeness (QED) is 0.536. The second-order valence-electron chi connectivity index (χ2n) is 7.63. The van der Waals surface area contributed by atoms with Crippen LogP contribution in [0.4, 0.5) is 10.1 Å². The molecule has 1 saturated heterocycles. The average Bonchev–Trinajstić information content (AvgIpc) is 3.22. The molecule has 1 fully saturated rings. The third-order valence-corrected chi connectivity index (χ3v) is 5.80. The normalized spacial score (nSPS) is 14.4. The number of benzene rings is 1. The van der Waals surface area contributed by atoms with Crippen molar-refractivity contribution in [3.63, 3.8) is 0 Å². The fraction of sp³-hybridized carbons (Fsp3) is 0.261. The average molecular weight is 403 g/mol. The maximum Gasteiger partial charge on any atom is 0.252 e. The summed E-state index contributed by atoms with van der Waals surface area (Å²) in [5, 5.41) is 4.19. The molecule has 4 heterocycles. The van der Waals surface area contributed by atoms with E-state index in [1.165, 1.54) is 18.7 Å². The van der Waals surface area contributed by atoms with Gasteiger partial charge in [0.15, 0.2) is 0 Å². The van der Waals surface area contributed by atoms with Crippen molar-refractivity contribution >= 4 is 33.5 Å². The Morgan fingerprint density at radius 1 is 1.13 bits per heavy atom. The molecule has 0 saturated carbocycles. The van der Waals surface area contributed by atoms with Gasteiger partial charge in [0.05, 0.1) is 5.56 Å². The number of hydrogen-bond donors (Lipinski definition) is 2. The number of rotatable bonds is 3. The monoisotopic (exact) mass is 403 g/mol. The van der Waals surface area contributed by atoms with E-state index in [1.807, 2.05) is 18.3 Å². The number of aromatic amines is 1. The van der Waals surface area contributed by atoms with E-state index in [4.69, 9.17) is 0 Å². The van der Waals surface area contributed by atoms with Crippen molar-refractivity contribution in [3.8, 4) is 11.1 Å². The van der Waals surface area contributed by atoms with Crippen LogP contribution in [0.1, 0.15) is 29.6 Å². The number of H-pyrrole nitrogens is 1. The van der Waals surface area contributed by atoms with Crippen molar-refractivity contribution in [1.29, 1.82) is 0 Å². The smallest absolute Gasteiger partial charge is 0.252 e. The number of carbonyl (C=O) groups is 1. The summed E-state index contributed by atoms with van der Waals surface area (Å²) in [7, 11) is 1.58. The second kappa shape index (κ2) is 7.40. The van der Waals surface area contributed by atoms with Gasteiger partial charge in [-0.05, 0) is 49.1 Å². The lowest BCUT2D eigenvalue weighted by atomic mass is 10.0. The lowest BCUT2D eigenvalue weighted by Crippen LogP contribution is -2.29. The summed E-state index contributed by atoms with van der Waals surface area (Å²) in [4.78, 5) is 26.1. The molecule has 7 heteroatoms. The van der Waals surface area contributed by atoms with Crippen LogP contribution in [-0.4, -0.2) is 41.0 Å². The van der Waals surface area contributed by atoms with Crippen molar-refractivity contribution in [3.05, 3.63) is 54.2 Å². The van der Waals surface area contributed by atoms with E-state index in [9.17, 15) is 4.79 Å². The molecule has 1 amide bonds. The van der Waals surface area contributed by atoms with E-state index in [1.54, 1.807) is 19.3 Å². The molecule has 0 radical (unpaired) electrons. The molecular weight excluding hydrogens is 381 g/mol. The largest absolute Gasteiger partial charge is 0.371 e. The lowest BCUT2D eigenvalue weighted by Gasteiger charge is -2.29. The van der Waals surface area contributed by atoms with Crippen LogP contribution in [0.5, 0.6) is 0 Å². The summed E-state index contributed by atoms with van der Waals surface area (Å²) >= 11 is 0. The first-order valence-electron chi connectivity index (χ1n) is 10.2. The van der Waals surface area contributed by atoms with E-state index < -0.39 is 0 Å². The molecule has 4 aromatic rings. The number of hydrogen-bond acceptors (Lipinski definition) is 4. The van der Waals surface area contributed by atoms with E-state index >= 15 is 4.39 Å². The Kier molecular flexibility index (Phi) is 4.58. The Morgan fingerprint density at radius 3 is 2.77 bits per heavy atom. The molecule has 1 aliphatic heterocycles. The maximum absolute atomic E-state index is 15.1. The summed E-state index contributed by atoms with van der Waals surface area (Å²) in [5.74, 6) is -0.566. The number of pyridine rings is 2. The first-order valence-corrected chi connectivity index (χ1v) is 10.2. The highest BCUT2D eigenvalue weighted by molar-refractivity contribution is 6.03. The van der Waals surface area contributed by atoms with Crippen LogP contribution in [0, 0.1) is 5.82 Å². The Balaban J connectivity index is 1.69. The first-order chi connectivity index (χ1) is 14.7. The van der Waals surface area contributed by atoms with Crippen molar-refractivity contribution in [2.75, 3.05) is 25.0 Å². The second-order valence-corrected chi connectivity index (χ2v) is 7.63. The minimum absolute atomic E-state index is 0.210. The van der Waals surface area contributed by atoms with Crippen LogP contribution in [0.25, 0.3) is 33.1 Å². The lowest BCUT2D eigenvalue weighted by molar-refractivity contribution is 0.0963. The van der Waals surface area contributed by atoms with Gasteiger partial charge < -0.3 is 15.2 Å². The van der Waals surface area contributed by atoms with Gasteiger partial charge in [0.2, 0.25) is 0 Å². The summed E-state index contributed by atoms with van der Waals surface area (Å²) < 4.78 is 15.1. The minimum atomic E-state index is -0.355. The molecule has 0 aliphatic carbocycles. The van der Waals surface area contributed by atoms with Gasteiger partial charge in [0.25, 0.3) is 5.91 Å². The van der Waals surface area contributed by atoms with Crippen LogP contribution in [0.15, 0.2) is 42.9 Å². The van der Waals surface area contributed by atoms with Gasteiger partial charge in [-0.2, -0.15) is 0 Å². The van der Waals surface area contributed by atoms with Gasteiger partial charge in [0.1, 0.15) is 17.0 Å². The number of fused-ring (bicyclic) bond motifs is 2. The van der Waals surface area contributed by atoms with Gasteiger partial charge in [-0.25, -0.2) is 9.37 Å². The van der Waals surface area contributed by atoms with Gasteiger partial charge in [-0.15, -0.1) is 0 Å². The van der Waals surface area contributed by atoms with E-state index in [-0.39, 0.29) is 11.7 Å². The van der Waals surface area contributed by atoms with Crippen LogP contribution < -0.4 is 10.2 Å². The Bertz CT molecular complexity index is 1260. The minimum Gasteiger partial charge on any atom is -0.371 e. The molecule has 0 spiro atoms. The number of anilines is 1. The predicted molar refractivity (Wildman–Crippen MR) is 116 cm³/mol. The summed E-state index contributed by atoms with van der Waals surface area (Å²) in [6, 6.07) is 7.25. The standard InChI is InChI=1S/C23H22FN5O/c1-25-23(30)15-10-16-18(13-28-22(16)27-12-15)14-9-17-20(29-7-3-2-4-8-29)5-6-26-21(17)19(24)11-14/h5-6,9-13H,2-4,7-8H2,1H3,(H,25,30)(H,27,28). The van der Waals surface area contributed by atoms with Gasteiger partial charge in [-0.1, -0.05) is 0 Å². The number of piperidine rings is 1. The zero-order valence-corrected chi connectivity index (χ0v) is 16.7. The van der Waals surface area contributed by atoms with E-state index in [0.29, 0.717) is 16.7 Å². The fourth-order valence-electron chi connectivity index (χ4n) is 4.27. The summed E-state index contributed by atoms with van der Waals surface area (Å²) in [6.07, 6.45) is 8.53. The van der Waals surface area contributed by atoms with Crippen LogP contribution >= 0.6 is 0 Å². The van der Waals surface area contributed by atoms with E-state index in [0.717, 1.165) is 53.5 Å². The number of amides is 1. The number of nitrogens with one attached hydrogen (secondary N) is 2. The number of aromatic nitrogens is 3. The zero-order valence-electron chi connectivity index (χ0n) is 16.7. The predicted octanol–water partition coefficient (Wildman–Crippen LogP) is 4.27. The molecule has 3 aromatic heterocycles. The van der Waals surface area contributed by atoms with Crippen molar-refractivity contribution in [2.24, 2.45) is 0 Å². The topological polar surface area (TPSA) is 73.9 Å². The Morgan fingerprint density at radius 2 is 1.97 bits per heavy atom. The summed E-state index contributed by atoms with van der Waals surface area (Å²) in [5.41, 5.74) is 4.05. The molecule has 0 bridgehead atoms. The third kappa shape index (κ3) is 3.07. The highest BCUT2D eigenvalue weighted by Crippen LogP contribution is 2.35. The van der Waals surface area contributed by atoms with Crippen LogP contribution in [-0.2, 0) is 0 Å². The molecule has 152 valence electrons. The van der Waals surface area contributed by atoms with Crippen molar-refractivity contribution in [1.82, 2.24) is 20.3 Å². The van der Waals surface area contributed by atoms with E-state index in [2.05, 4.69) is 25.2 Å². The van der Waals surface area contributed by atoms with Gasteiger partial charge in [0, 0.05) is 60.8 Å². The molecule has 1 aromatic carbocycles. The SMILES string of the molecule is CNC(=O)c1cnc2[nH]cc(-c3cc(F)c4nccc(N5CCCCC5)c4c3)c2c1. The molecule has 5 rings (SSSR count).